The Balaban J connectivity index is -0.0000000267. The fraction of sp³-hybridized carbons (Fsp3) is 1.00. The van der Waals surface area contributed by atoms with Gasteiger partial charge in [-0.2, -0.15) is 0 Å². The van der Waals surface area contributed by atoms with Crippen molar-refractivity contribution in [2.45, 2.75) is 0 Å². The Morgan fingerprint density at radius 1 is 1.38 bits per heavy atom. The van der Waals surface area contributed by atoms with Crippen LogP contribution in [0.3, 0.4) is 0 Å². The summed E-state index contributed by atoms with van der Waals surface area (Å²) in [4.78, 5) is 0. The first-order valence-corrected chi connectivity index (χ1v) is 1.64. The third-order valence-corrected chi connectivity index (χ3v) is 0.352. The van der Waals surface area contributed by atoms with E-state index in [2.05, 4.69) is 5.32 Å². The summed E-state index contributed by atoms with van der Waals surface area (Å²) < 4.78 is 0. The van der Waals surface area contributed by atoms with E-state index in [1.54, 1.807) is 7.05 Å². The molecule has 0 spiro atoms. The summed E-state index contributed by atoms with van der Waals surface area (Å²) in [6, 6.07) is 0. The minimum Gasteiger partial charge on any atom is -1.00 e. The molecule has 0 saturated heterocycles. The molecular weight excluding hydrogens is 228 g/mol. The molecule has 1 N–H and O–H groups in total. The number of nitrogens with one attached hydrogen (secondary N) is 1. The summed E-state index contributed by atoms with van der Waals surface area (Å²) in [7, 11) is 1.76. The zero-order valence-corrected chi connectivity index (χ0v) is 8.55. The van der Waals surface area contributed by atoms with Crippen LogP contribution in [0, 0.1) is 0 Å². The van der Waals surface area contributed by atoms with Crippen molar-refractivity contribution in [3.63, 3.8) is 0 Å². The molecule has 0 aromatic heterocycles. The Morgan fingerprint density at radius 3 is 1.75 bits per heavy atom. The van der Waals surface area contributed by atoms with Gasteiger partial charge >= 0.3 is 26.2 Å². The second-order valence-corrected chi connectivity index (χ2v) is 0.808. The zero-order chi connectivity index (χ0) is 4.12. The van der Waals surface area contributed by atoms with Crippen molar-refractivity contribution in [1.29, 1.82) is 0 Å². The maximum atomic E-state index is 9.47. The first kappa shape index (κ1) is 22.8. The van der Waals surface area contributed by atoms with Crippen LogP contribution in [0.2, 0.25) is 0 Å². The van der Waals surface area contributed by atoms with Gasteiger partial charge in [0.25, 0.3) is 0 Å². The van der Waals surface area contributed by atoms with Gasteiger partial charge in [-0.3, -0.25) is 0 Å². The van der Waals surface area contributed by atoms with Crippen molar-refractivity contribution in [1.82, 2.24) is 5.32 Å². The molecule has 0 heterocycles. The van der Waals surface area contributed by atoms with E-state index in [4.69, 9.17) is 0 Å². The van der Waals surface area contributed by atoms with Crippen LogP contribution < -0.4 is 35.2 Å². The molecule has 0 rings (SSSR count). The van der Waals surface area contributed by atoms with E-state index in [9.17, 15) is 5.11 Å². The standard InChI is InChI=1S/C3H8NO.2ClH.Zr/c1-4-2-3-5;;;/h4H,2-3H2,1H3;2*1H;/q-1;;;+3/p-2. The topological polar surface area (TPSA) is 35.1 Å². The van der Waals surface area contributed by atoms with Crippen LogP contribution in [0.1, 0.15) is 0 Å². The molecule has 0 saturated carbocycles. The number of halogens is 2. The van der Waals surface area contributed by atoms with Gasteiger partial charge in [0, 0.05) is 0 Å². The van der Waals surface area contributed by atoms with Crippen molar-refractivity contribution >= 4 is 0 Å². The summed E-state index contributed by atoms with van der Waals surface area (Å²) in [5.41, 5.74) is 0. The molecule has 2 nitrogen and oxygen atoms in total. The Hall–Kier alpha value is 1.38. The molecule has 0 aliphatic heterocycles. The van der Waals surface area contributed by atoms with E-state index in [1.165, 1.54) is 0 Å². The fourth-order valence-corrected chi connectivity index (χ4v) is 0.102. The second-order valence-electron chi connectivity index (χ2n) is 0.808. The summed E-state index contributed by atoms with van der Waals surface area (Å²) in [5, 5.41) is 12.2. The maximum Gasteiger partial charge on any atom is 3.00 e. The van der Waals surface area contributed by atoms with Gasteiger partial charge in [0.1, 0.15) is 0 Å². The van der Waals surface area contributed by atoms with Gasteiger partial charge in [-0.05, 0) is 13.6 Å². The van der Waals surface area contributed by atoms with E-state index in [0.717, 1.165) is 0 Å². The third-order valence-electron chi connectivity index (χ3n) is 0.352. The third kappa shape index (κ3) is 26.3. The monoisotopic (exact) mass is 234 g/mol. The minimum atomic E-state index is -0.0174. The van der Waals surface area contributed by atoms with E-state index in [-0.39, 0.29) is 57.6 Å². The molecule has 0 bridgehead atoms. The predicted molar refractivity (Wildman–Crippen MR) is 18.8 cm³/mol. The summed E-state index contributed by atoms with van der Waals surface area (Å²) in [6.45, 7) is 0.566. The molecule has 5 heteroatoms. The van der Waals surface area contributed by atoms with Crippen molar-refractivity contribution < 1.29 is 56.1 Å². The SMILES string of the molecule is CNCC[O-].[Cl-].[Cl-].[Zr+3]. The van der Waals surface area contributed by atoms with Crippen LogP contribution in [0.5, 0.6) is 0 Å². The fourth-order valence-electron chi connectivity index (χ4n) is 0.102. The van der Waals surface area contributed by atoms with Crippen LogP contribution in [0.4, 0.5) is 0 Å². The van der Waals surface area contributed by atoms with Crippen LogP contribution in [0.25, 0.3) is 0 Å². The molecule has 0 aromatic carbocycles. The average Bonchev–Trinajstić information content (AvgIpc) is 1.41. The first-order valence-electron chi connectivity index (χ1n) is 1.64. The molecule has 0 unspecified atom stereocenters. The van der Waals surface area contributed by atoms with Crippen LogP contribution >= 0.6 is 0 Å². The van der Waals surface area contributed by atoms with Crippen LogP contribution in [-0.2, 0) is 26.2 Å². The zero-order valence-electron chi connectivity index (χ0n) is 4.58. The molecule has 8 heavy (non-hydrogen) atoms. The van der Waals surface area contributed by atoms with Gasteiger partial charge in [0.15, 0.2) is 0 Å². The largest absolute Gasteiger partial charge is 3.00 e. The normalized spacial score (nSPS) is 5.25. The second kappa shape index (κ2) is 23.8. The van der Waals surface area contributed by atoms with Crippen LogP contribution in [0.15, 0.2) is 0 Å². The molecule has 0 aromatic rings. The smallest absolute Gasteiger partial charge is 1.00 e. The Bertz CT molecular complexity index is 24.8. The van der Waals surface area contributed by atoms with Gasteiger partial charge < -0.3 is 35.2 Å². The molecule has 1 radical (unpaired) electrons. The van der Waals surface area contributed by atoms with E-state index in [1.807, 2.05) is 0 Å². The molecule has 0 fully saturated rings. The summed E-state index contributed by atoms with van der Waals surface area (Å²) in [6.07, 6.45) is 0. The molecule has 0 atom stereocenters. The van der Waals surface area contributed by atoms with Crippen molar-refractivity contribution in [3.8, 4) is 0 Å². The van der Waals surface area contributed by atoms with Gasteiger partial charge in [0.2, 0.25) is 0 Å². The van der Waals surface area contributed by atoms with Crippen LogP contribution in [-0.4, -0.2) is 20.2 Å². The van der Waals surface area contributed by atoms with Gasteiger partial charge in [-0.25, -0.2) is 0 Å². The Kier molecular flexibility index (Phi) is 67.7. The molecule has 49 valence electrons. The summed E-state index contributed by atoms with van der Waals surface area (Å²) in [5.74, 6) is 0. The van der Waals surface area contributed by atoms with Gasteiger partial charge in [-0.15, -0.1) is 6.61 Å². The first-order chi connectivity index (χ1) is 2.41. The minimum absolute atomic E-state index is 0. The number of hydrogen-bond donors (Lipinski definition) is 1. The molecular formula is C3H8Cl2NOZr. The molecule has 0 aliphatic rings. The van der Waals surface area contributed by atoms with E-state index >= 15 is 0 Å². The Morgan fingerprint density at radius 2 is 1.75 bits per heavy atom. The molecule has 0 amide bonds. The predicted octanol–water partition coefficient (Wildman–Crippen LogP) is -7.43. The van der Waals surface area contributed by atoms with Crippen molar-refractivity contribution in [2.24, 2.45) is 0 Å². The summed E-state index contributed by atoms with van der Waals surface area (Å²) >= 11 is 0. The van der Waals surface area contributed by atoms with Crippen molar-refractivity contribution in [2.75, 3.05) is 20.2 Å². The maximum absolute atomic E-state index is 9.47. The van der Waals surface area contributed by atoms with E-state index in [0.29, 0.717) is 6.54 Å². The quantitative estimate of drug-likeness (QED) is 0.517. The van der Waals surface area contributed by atoms with Gasteiger partial charge in [0.05, 0.1) is 0 Å². The van der Waals surface area contributed by atoms with E-state index < -0.39 is 0 Å². The van der Waals surface area contributed by atoms with Crippen molar-refractivity contribution in [3.05, 3.63) is 0 Å². The number of likely N-dealkylation sites (N-methyl/N-ethyl adjacent to an activating group) is 1. The Labute approximate surface area is 81.4 Å². The number of hydrogen-bond acceptors (Lipinski definition) is 2. The van der Waals surface area contributed by atoms with Gasteiger partial charge in [-0.1, -0.05) is 0 Å². The average molecular weight is 236 g/mol. The molecule has 0 aliphatic carbocycles. The number of rotatable bonds is 2.